The van der Waals surface area contributed by atoms with Crippen LogP contribution in [0.2, 0.25) is 0 Å². The molecule has 29 heavy (non-hydrogen) atoms. The third kappa shape index (κ3) is 2.79. The number of carbonyl (C=O) groups excluding carboxylic acids is 1. The van der Waals surface area contributed by atoms with Gasteiger partial charge in [-0.2, -0.15) is 13.8 Å². The first kappa shape index (κ1) is 18.1. The molecule has 148 valence electrons. The quantitative estimate of drug-likeness (QED) is 0.591. The molecule has 1 aromatic carbocycles. The standard InChI is InChI=1S/C19H12ClF3N4O2/c20-19(22,23)17-25-15(26-29-17)10-7-11-14(24-8-10)9-27(16(11)28)18(5-6-18)12-3-1-2-4-13(12)21/h1-4,7-8H,5-6,9H2. The van der Waals surface area contributed by atoms with Crippen molar-refractivity contribution in [2.45, 2.75) is 30.3 Å². The lowest BCUT2D eigenvalue weighted by atomic mass is 10.0. The Morgan fingerprint density at radius 2 is 2.00 bits per heavy atom. The number of carbonyl (C=O) groups is 1. The van der Waals surface area contributed by atoms with Crippen molar-refractivity contribution in [1.29, 1.82) is 0 Å². The van der Waals surface area contributed by atoms with Crippen molar-refractivity contribution in [2.24, 2.45) is 0 Å². The summed E-state index contributed by atoms with van der Waals surface area (Å²) in [5.41, 5.74) is 0.851. The molecular formula is C19H12ClF3N4O2. The summed E-state index contributed by atoms with van der Waals surface area (Å²) in [6.45, 7) is 0.236. The Kier molecular flexibility index (Phi) is 3.76. The van der Waals surface area contributed by atoms with E-state index in [-0.39, 0.29) is 29.7 Å². The lowest BCUT2D eigenvalue weighted by Crippen LogP contribution is -2.36. The van der Waals surface area contributed by atoms with Gasteiger partial charge in [0, 0.05) is 17.3 Å². The van der Waals surface area contributed by atoms with E-state index in [1.807, 2.05) is 0 Å². The van der Waals surface area contributed by atoms with Gasteiger partial charge in [0.2, 0.25) is 5.82 Å². The zero-order chi connectivity index (χ0) is 20.4. The first-order valence-electron chi connectivity index (χ1n) is 8.77. The molecule has 0 atom stereocenters. The van der Waals surface area contributed by atoms with Gasteiger partial charge in [-0.25, -0.2) is 4.39 Å². The smallest absolute Gasteiger partial charge is 0.331 e. The van der Waals surface area contributed by atoms with E-state index in [1.54, 1.807) is 23.1 Å². The molecule has 2 aliphatic rings. The Balaban J connectivity index is 1.48. The molecule has 10 heteroatoms. The number of alkyl halides is 3. The normalized spacial score (nSPS) is 17.5. The van der Waals surface area contributed by atoms with Crippen LogP contribution in [0.5, 0.6) is 0 Å². The summed E-state index contributed by atoms with van der Waals surface area (Å²) < 4.78 is 45.1. The van der Waals surface area contributed by atoms with Crippen LogP contribution in [0.15, 0.2) is 41.1 Å². The van der Waals surface area contributed by atoms with Crippen LogP contribution in [-0.2, 0) is 17.5 Å². The van der Waals surface area contributed by atoms with Gasteiger partial charge >= 0.3 is 11.3 Å². The van der Waals surface area contributed by atoms with Crippen LogP contribution in [0.25, 0.3) is 11.4 Å². The molecule has 0 bridgehead atoms. The number of amides is 1. The largest absolute Gasteiger partial charge is 0.400 e. The molecule has 1 amide bonds. The lowest BCUT2D eigenvalue weighted by Gasteiger charge is -2.28. The third-order valence-corrected chi connectivity index (χ3v) is 5.46. The average Bonchev–Trinajstić information content (AvgIpc) is 3.17. The molecule has 2 aromatic heterocycles. The number of rotatable bonds is 4. The van der Waals surface area contributed by atoms with Crippen LogP contribution >= 0.6 is 11.6 Å². The Hall–Kier alpha value is -2.94. The first-order valence-corrected chi connectivity index (χ1v) is 9.14. The molecule has 1 fully saturated rings. The number of aromatic nitrogens is 3. The number of hydrogen-bond donors (Lipinski definition) is 0. The second-order valence-corrected chi connectivity index (χ2v) is 7.52. The van der Waals surface area contributed by atoms with Gasteiger partial charge in [-0.15, -0.1) is 0 Å². The van der Waals surface area contributed by atoms with Crippen molar-refractivity contribution in [3.8, 4) is 11.4 Å². The Bertz CT molecular complexity index is 1140. The molecule has 0 unspecified atom stereocenters. The van der Waals surface area contributed by atoms with Gasteiger partial charge in [-0.3, -0.25) is 9.78 Å². The van der Waals surface area contributed by atoms with Crippen molar-refractivity contribution in [3.63, 3.8) is 0 Å². The Morgan fingerprint density at radius 3 is 2.66 bits per heavy atom. The summed E-state index contributed by atoms with van der Waals surface area (Å²) in [5, 5.41) is -0.314. The molecule has 5 rings (SSSR count). The van der Waals surface area contributed by atoms with E-state index >= 15 is 0 Å². The van der Waals surface area contributed by atoms with Crippen LogP contribution in [-0.4, -0.2) is 25.9 Å². The highest BCUT2D eigenvalue weighted by atomic mass is 35.5. The van der Waals surface area contributed by atoms with Crippen molar-refractivity contribution in [1.82, 2.24) is 20.0 Å². The highest BCUT2D eigenvalue weighted by molar-refractivity contribution is 6.21. The second-order valence-electron chi connectivity index (χ2n) is 7.04. The van der Waals surface area contributed by atoms with Crippen molar-refractivity contribution < 1.29 is 22.5 Å². The number of fused-ring (bicyclic) bond motifs is 1. The maximum absolute atomic E-state index is 14.4. The van der Waals surface area contributed by atoms with E-state index in [2.05, 4.69) is 19.6 Å². The predicted molar refractivity (Wildman–Crippen MR) is 94.5 cm³/mol. The predicted octanol–water partition coefficient (Wildman–Crippen LogP) is 4.20. The molecule has 1 aliphatic carbocycles. The van der Waals surface area contributed by atoms with Crippen LogP contribution in [0.3, 0.4) is 0 Å². The van der Waals surface area contributed by atoms with Crippen molar-refractivity contribution >= 4 is 17.5 Å². The maximum Gasteiger partial charge on any atom is 0.400 e. The van der Waals surface area contributed by atoms with E-state index in [0.717, 1.165) is 0 Å². The minimum Gasteiger partial charge on any atom is -0.331 e. The van der Waals surface area contributed by atoms with Gasteiger partial charge < -0.3 is 9.42 Å². The van der Waals surface area contributed by atoms with Crippen LogP contribution in [0, 0.1) is 5.82 Å². The Labute approximate surface area is 167 Å². The van der Waals surface area contributed by atoms with E-state index in [4.69, 9.17) is 11.6 Å². The molecule has 1 aliphatic heterocycles. The third-order valence-electron chi connectivity index (χ3n) is 5.30. The van der Waals surface area contributed by atoms with E-state index in [9.17, 15) is 18.0 Å². The number of pyridine rings is 1. The second kappa shape index (κ2) is 6.03. The summed E-state index contributed by atoms with van der Waals surface area (Å²) >= 11 is 4.89. The number of benzene rings is 1. The minimum atomic E-state index is -3.79. The topological polar surface area (TPSA) is 72.1 Å². The highest BCUT2D eigenvalue weighted by Gasteiger charge is 2.55. The SMILES string of the molecule is O=C1c2cc(-c3noc(C(F)(F)Cl)n3)cnc2CN1C1(c2ccccc2F)CC1. The molecular weight excluding hydrogens is 409 g/mol. The fourth-order valence-electron chi connectivity index (χ4n) is 3.74. The number of hydrogen-bond acceptors (Lipinski definition) is 5. The van der Waals surface area contributed by atoms with E-state index in [1.165, 1.54) is 18.3 Å². The molecule has 3 aromatic rings. The molecule has 3 heterocycles. The van der Waals surface area contributed by atoms with Gasteiger partial charge in [0.15, 0.2) is 0 Å². The van der Waals surface area contributed by atoms with Crippen LogP contribution in [0.4, 0.5) is 13.2 Å². The van der Waals surface area contributed by atoms with Gasteiger partial charge in [-0.1, -0.05) is 23.4 Å². The summed E-state index contributed by atoms with van der Waals surface area (Å²) in [6, 6.07) is 7.88. The van der Waals surface area contributed by atoms with Gasteiger partial charge in [-0.05, 0) is 36.6 Å². The summed E-state index contributed by atoms with van der Waals surface area (Å²) in [7, 11) is 0. The lowest BCUT2D eigenvalue weighted by molar-refractivity contribution is 0.0550. The zero-order valence-corrected chi connectivity index (χ0v) is 15.5. The van der Waals surface area contributed by atoms with Crippen LogP contribution in [0.1, 0.15) is 40.3 Å². The number of halogens is 4. The average molecular weight is 421 g/mol. The molecule has 0 radical (unpaired) electrons. The fraction of sp³-hybridized carbons (Fsp3) is 0.263. The summed E-state index contributed by atoms with van der Waals surface area (Å²) in [5.74, 6) is -1.86. The van der Waals surface area contributed by atoms with Crippen molar-refractivity contribution in [3.05, 3.63) is 65.1 Å². The molecule has 6 nitrogen and oxygen atoms in total. The monoisotopic (exact) mass is 420 g/mol. The van der Waals surface area contributed by atoms with Gasteiger partial charge in [0.1, 0.15) is 5.82 Å². The fourth-order valence-corrected chi connectivity index (χ4v) is 3.81. The molecule has 0 spiro atoms. The first-order chi connectivity index (χ1) is 13.8. The summed E-state index contributed by atoms with van der Waals surface area (Å²) in [6.07, 6.45) is 2.68. The number of nitrogens with zero attached hydrogens (tertiary/aromatic N) is 4. The van der Waals surface area contributed by atoms with Crippen LogP contribution < -0.4 is 0 Å². The minimum absolute atomic E-state index is 0.155. The van der Waals surface area contributed by atoms with E-state index in [0.29, 0.717) is 29.7 Å². The van der Waals surface area contributed by atoms with Gasteiger partial charge in [0.05, 0.1) is 23.3 Å². The molecule has 0 saturated heterocycles. The molecule has 1 saturated carbocycles. The van der Waals surface area contributed by atoms with E-state index < -0.39 is 16.8 Å². The molecule has 0 N–H and O–H groups in total. The van der Waals surface area contributed by atoms with Gasteiger partial charge in [0.25, 0.3) is 5.91 Å². The Morgan fingerprint density at radius 1 is 1.24 bits per heavy atom. The summed E-state index contributed by atoms with van der Waals surface area (Å²) in [4.78, 5) is 22.5. The van der Waals surface area contributed by atoms with Crippen molar-refractivity contribution in [2.75, 3.05) is 0 Å². The maximum atomic E-state index is 14.4. The zero-order valence-electron chi connectivity index (χ0n) is 14.7. The highest BCUT2D eigenvalue weighted by Crippen LogP contribution is 2.54.